The van der Waals surface area contributed by atoms with Gasteiger partial charge in [0.05, 0.1) is 17.8 Å². The van der Waals surface area contributed by atoms with E-state index in [2.05, 4.69) is 90.5 Å². The number of nitrogens with one attached hydrogen (secondary N) is 1. The summed E-state index contributed by atoms with van der Waals surface area (Å²) in [5, 5.41) is 14.7. The summed E-state index contributed by atoms with van der Waals surface area (Å²) in [4.78, 5) is 22.5. The molecule has 0 bridgehead atoms. The van der Waals surface area contributed by atoms with Gasteiger partial charge in [-0.2, -0.15) is 0 Å². The second kappa shape index (κ2) is 17.4. The Morgan fingerprint density at radius 3 is 2.42 bits per heavy atom. The van der Waals surface area contributed by atoms with Crippen molar-refractivity contribution in [3.63, 3.8) is 0 Å². The highest BCUT2D eigenvalue weighted by Gasteiger charge is 2.31. The monoisotopic (exact) mass is 720 g/mol. The number of aromatic nitrogens is 1. The fourth-order valence-corrected chi connectivity index (χ4v) is 8.32. The van der Waals surface area contributed by atoms with Crippen LogP contribution in [0, 0.1) is 19.3 Å². The molecular formula is C45H57ClN4O2. The van der Waals surface area contributed by atoms with Gasteiger partial charge in [0, 0.05) is 61.1 Å². The Morgan fingerprint density at radius 1 is 0.904 bits per heavy atom. The number of fused-ring (bicyclic) bond motifs is 1. The number of unbranched alkanes of at least 4 members (excludes halogenated alkanes) is 3. The van der Waals surface area contributed by atoms with Crippen molar-refractivity contribution in [2.45, 2.75) is 105 Å². The maximum atomic E-state index is 12.3. The maximum Gasteiger partial charge on any atom is 0.307 e. The molecule has 0 saturated carbocycles. The topological polar surface area (TPSA) is 68.7 Å². The third-order valence-electron chi connectivity index (χ3n) is 11.3. The summed E-state index contributed by atoms with van der Waals surface area (Å²) in [6, 6.07) is 23.8. The highest BCUT2D eigenvalue weighted by molar-refractivity contribution is 6.31. The summed E-state index contributed by atoms with van der Waals surface area (Å²) in [6.07, 6.45) is 8.97. The summed E-state index contributed by atoms with van der Waals surface area (Å²) in [5.41, 5.74) is 12.9. The van der Waals surface area contributed by atoms with Crippen molar-refractivity contribution in [1.29, 1.82) is 0 Å². The normalized spacial score (nSPS) is 15.8. The molecule has 0 unspecified atom stereocenters. The van der Waals surface area contributed by atoms with E-state index in [1.165, 1.54) is 47.1 Å². The largest absolute Gasteiger partial charge is 0.481 e. The third kappa shape index (κ3) is 9.63. The van der Waals surface area contributed by atoms with Crippen molar-refractivity contribution >= 4 is 23.3 Å². The highest BCUT2D eigenvalue weighted by atomic mass is 35.5. The molecule has 1 aromatic heterocycles. The second-order valence-corrected chi connectivity index (χ2v) is 16.3. The van der Waals surface area contributed by atoms with Gasteiger partial charge >= 0.3 is 5.97 Å². The van der Waals surface area contributed by atoms with Crippen LogP contribution in [0.5, 0.6) is 0 Å². The number of pyridine rings is 1. The number of hydrogen-bond acceptors (Lipinski definition) is 5. The van der Waals surface area contributed by atoms with Gasteiger partial charge in [-0.3, -0.25) is 14.7 Å². The number of anilines is 1. The van der Waals surface area contributed by atoms with Crippen molar-refractivity contribution in [2.24, 2.45) is 5.41 Å². The zero-order valence-corrected chi connectivity index (χ0v) is 32.5. The number of hydrogen-bond donors (Lipinski definition) is 2. The van der Waals surface area contributed by atoms with Crippen molar-refractivity contribution in [1.82, 2.24) is 15.2 Å². The minimum atomic E-state index is -0.813. The molecule has 2 N–H and O–H groups in total. The van der Waals surface area contributed by atoms with E-state index in [1.807, 2.05) is 19.1 Å². The minimum absolute atomic E-state index is 0.0287. The van der Waals surface area contributed by atoms with Gasteiger partial charge in [0.25, 0.3) is 0 Å². The Bertz CT molecular complexity index is 1810. The molecule has 2 aliphatic heterocycles. The molecule has 7 heteroatoms. The first-order valence-corrected chi connectivity index (χ1v) is 19.8. The van der Waals surface area contributed by atoms with Gasteiger partial charge in [-0.25, -0.2) is 0 Å². The van der Waals surface area contributed by atoms with Gasteiger partial charge in [0.1, 0.15) is 0 Å². The predicted molar refractivity (Wildman–Crippen MR) is 215 cm³/mol. The Labute approximate surface area is 316 Å². The molecule has 3 heterocycles. The molecule has 1 saturated heterocycles. The number of carboxylic acids is 1. The van der Waals surface area contributed by atoms with Gasteiger partial charge in [-0.05, 0) is 104 Å². The van der Waals surface area contributed by atoms with E-state index < -0.39 is 5.97 Å². The average molecular weight is 721 g/mol. The quantitative estimate of drug-likeness (QED) is 0.119. The number of rotatable bonds is 15. The summed E-state index contributed by atoms with van der Waals surface area (Å²) in [7, 11) is 0. The van der Waals surface area contributed by atoms with Crippen LogP contribution < -0.4 is 10.2 Å². The first kappa shape index (κ1) is 38.0. The van der Waals surface area contributed by atoms with E-state index >= 15 is 0 Å². The van der Waals surface area contributed by atoms with Crippen LogP contribution in [-0.4, -0.2) is 47.1 Å². The van der Waals surface area contributed by atoms with Gasteiger partial charge in [0.15, 0.2) is 0 Å². The lowest BCUT2D eigenvalue weighted by Crippen LogP contribution is -2.38. The van der Waals surface area contributed by atoms with Crippen LogP contribution in [-0.2, 0) is 43.7 Å². The molecule has 1 fully saturated rings. The number of nitrogens with zero attached hydrogens (tertiary/aromatic N) is 3. The fraction of sp³-hybridized carbons (Fsp3) is 0.467. The Balaban J connectivity index is 1.25. The summed E-state index contributed by atoms with van der Waals surface area (Å²) in [5.74, 6) is -0.813. The van der Waals surface area contributed by atoms with Crippen molar-refractivity contribution in [2.75, 3.05) is 31.1 Å². The van der Waals surface area contributed by atoms with Crippen LogP contribution in [0.3, 0.4) is 0 Å². The van der Waals surface area contributed by atoms with E-state index in [-0.39, 0.29) is 11.8 Å². The zero-order chi connectivity index (χ0) is 36.7. The lowest BCUT2D eigenvalue weighted by molar-refractivity contribution is -0.136. The summed E-state index contributed by atoms with van der Waals surface area (Å²) in [6.45, 7) is 14.9. The van der Waals surface area contributed by atoms with Crippen molar-refractivity contribution < 1.29 is 9.90 Å². The fourth-order valence-electron chi connectivity index (χ4n) is 8.04. The maximum absolute atomic E-state index is 12.3. The Morgan fingerprint density at radius 2 is 1.67 bits per heavy atom. The summed E-state index contributed by atoms with van der Waals surface area (Å²) >= 11 is 6.62. The Kier molecular flexibility index (Phi) is 12.7. The van der Waals surface area contributed by atoms with Gasteiger partial charge < -0.3 is 15.3 Å². The molecule has 2 aliphatic rings. The van der Waals surface area contributed by atoms with Gasteiger partial charge in [-0.1, -0.05) is 99.0 Å². The molecule has 0 amide bonds. The van der Waals surface area contributed by atoms with Crippen molar-refractivity contribution in [3.05, 3.63) is 117 Å². The van der Waals surface area contributed by atoms with E-state index in [0.29, 0.717) is 6.54 Å². The molecule has 4 aromatic rings. The molecule has 276 valence electrons. The van der Waals surface area contributed by atoms with Crippen LogP contribution in [0.4, 0.5) is 5.69 Å². The van der Waals surface area contributed by atoms with E-state index in [1.54, 1.807) is 0 Å². The number of halogens is 1. The predicted octanol–water partition coefficient (Wildman–Crippen LogP) is 9.72. The molecule has 0 aliphatic carbocycles. The molecular weight excluding hydrogens is 664 g/mol. The molecule has 0 atom stereocenters. The zero-order valence-electron chi connectivity index (χ0n) is 31.7. The first-order valence-electron chi connectivity index (χ1n) is 19.4. The smallest absolute Gasteiger partial charge is 0.307 e. The number of aryl methyl sites for hydroxylation is 3. The molecule has 52 heavy (non-hydrogen) atoms. The SMILES string of the molecule is Cc1cccc(Cl)c1CN1CCc2cc(-c3c(CNCCCCCCc4ccccc4)nc(C)c(CC(=O)O)c3N3CCC(C)(C)CC3)ccc2C1. The van der Waals surface area contributed by atoms with Crippen LogP contribution in [0.2, 0.25) is 5.02 Å². The summed E-state index contributed by atoms with van der Waals surface area (Å²) < 4.78 is 0. The van der Waals surface area contributed by atoms with Gasteiger partial charge in [0.2, 0.25) is 0 Å². The molecule has 0 spiro atoms. The average Bonchev–Trinajstić information content (AvgIpc) is 3.12. The molecule has 3 aromatic carbocycles. The molecule has 6 rings (SSSR count). The van der Waals surface area contributed by atoms with Crippen LogP contribution in [0.1, 0.15) is 97.1 Å². The van der Waals surface area contributed by atoms with Crippen LogP contribution in [0.25, 0.3) is 11.1 Å². The lowest BCUT2D eigenvalue weighted by Gasteiger charge is -2.40. The minimum Gasteiger partial charge on any atom is -0.481 e. The standard InChI is InChI=1S/C45H57ClN4O2/c1-32-13-12-17-40(46)39(32)31-49-24-20-35-27-36(18-19-37(35)30-49)43-41(29-47-23-11-6-5-8-14-34-15-9-7-10-16-34)48-33(2)38(28-42(51)52)44(43)50-25-21-45(3,4)22-26-50/h7,9-10,12-13,15-19,27,47H,5-6,8,11,14,20-26,28-31H2,1-4H3,(H,51,52). The second-order valence-electron chi connectivity index (χ2n) is 15.9. The lowest BCUT2D eigenvalue weighted by atomic mass is 9.81. The van der Waals surface area contributed by atoms with E-state index in [4.69, 9.17) is 16.6 Å². The van der Waals surface area contributed by atoms with Crippen LogP contribution >= 0.6 is 11.6 Å². The number of carboxylic acid groups (broad SMARTS) is 1. The van der Waals surface area contributed by atoms with E-state index in [9.17, 15) is 9.90 Å². The van der Waals surface area contributed by atoms with Crippen LogP contribution in [0.15, 0.2) is 66.7 Å². The number of carbonyl (C=O) groups is 1. The van der Waals surface area contributed by atoms with Gasteiger partial charge in [-0.15, -0.1) is 0 Å². The Hall–Kier alpha value is -3.71. The van der Waals surface area contributed by atoms with E-state index in [0.717, 1.165) is 110 Å². The number of piperidine rings is 1. The highest BCUT2D eigenvalue weighted by Crippen LogP contribution is 2.42. The first-order chi connectivity index (χ1) is 25.1. The molecule has 0 radical (unpaired) electrons. The van der Waals surface area contributed by atoms with Crippen molar-refractivity contribution in [3.8, 4) is 11.1 Å². The third-order valence-corrected chi connectivity index (χ3v) is 11.7. The number of benzene rings is 3. The molecule has 6 nitrogen and oxygen atoms in total. The number of aliphatic carboxylic acids is 1.